The number of hydrogen-bond donors (Lipinski definition) is 1. The second-order valence-electron chi connectivity index (χ2n) is 4.13. The number of aryl methyl sites for hydroxylation is 1. The number of aromatic nitrogens is 2. The Bertz CT molecular complexity index is 325. The van der Waals surface area contributed by atoms with E-state index in [2.05, 4.69) is 30.6 Å². The summed E-state index contributed by atoms with van der Waals surface area (Å²) in [6.45, 7) is 6.38. The Morgan fingerprint density at radius 3 is 2.85 bits per heavy atom. The van der Waals surface area contributed by atoms with E-state index in [0.29, 0.717) is 6.04 Å². The zero-order chi connectivity index (χ0) is 9.59. The van der Waals surface area contributed by atoms with Gasteiger partial charge in [-0.2, -0.15) is 5.10 Å². The highest BCUT2D eigenvalue weighted by atomic mass is 15.3. The molecule has 0 bridgehead atoms. The summed E-state index contributed by atoms with van der Waals surface area (Å²) in [5, 5.41) is 4.52. The Balaban J connectivity index is 2.52. The van der Waals surface area contributed by atoms with E-state index < -0.39 is 0 Å². The van der Waals surface area contributed by atoms with E-state index >= 15 is 0 Å². The fraction of sp³-hybridized carbons (Fsp3) is 0.700. The number of nitrogens with two attached hydrogens (primary N) is 1. The van der Waals surface area contributed by atoms with Crippen molar-refractivity contribution in [2.24, 2.45) is 5.73 Å². The fourth-order valence-electron chi connectivity index (χ4n) is 2.20. The van der Waals surface area contributed by atoms with Crippen LogP contribution in [0.1, 0.15) is 49.3 Å². The topological polar surface area (TPSA) is 43.8 Å². The molecule has 1 aliphatic rings. The fourth-order valence-corrected chi connectivity index (χ4v) is 2.20. The summed E-state index contributed by atoms with van der Waals surface area (Å²) in [6.07, 6.45) is 2.18. The minimum Gasteiger partial charge on any atom is -0.324 e. The maximum absolute atomic E-state index is 6.01. The van der Waals surface area contributed by atoms with Gasteiger partial charge in [0.05, 0.1) is 5.69 Å². The molecule has 0 fully saturated rings. The van der Waals surface area contributed by atoms with E-state index in [1.807, 2.05) is 0 Å². The van der Waals surface area contributed by atoms with Gasteiger partial charge in [0.25, 0.3) is 0 Å². The summed E-state index contributed by atoms with van der Waals surface area (Å²) in [5.74, 6) is 0. The third kappa shape index (κ3) is 1.18. The summed E-state index contributed by atoms with van der Waals surface area (Å²) >= 11 is 0. The van der Waals surface area contributed by atoms with E-state index in [-0.39, 0.29) is 6.04 Å². The highest BCUT2D eigenvalue weighted by Gasteiger charge is 2.27. The first-order valence-electron chi connectivity index (χ1n) is 4.94. The van der Waals surface area contributed by atoms with E-state index in [1.165, 1.54) is 11.3 Å². The van der Waals surface area contributed by atoms with Crippen LogP contribution in [0.4, 0.5) is 0 Å². The van der Waals surface area contributed by atoms with Gasteiger partial charge in [-0.15, -0.1) is 0 Å². The second kappa shape index (κ2) is 2.84. The lowest BCUT2D eigenvalue weighted by molar-refractivity contribution is 0.505. The predicted octanol–water partition coefficient (Wildman–Crippen LogP) is 1.72. The van der Waals surface area contributed by atoms with Crippen molar-refractivity contribution in [3.8, 4) is 0 Å². The summed E-state index contributed by atoms with van der Waals surface area (Å²) in [6, 6.07) is 0.676. The summed E-state index contributed by atoms with van der Waals surface area (Å²) < 4.78 is 2.12. The van der Waals surface area contributed by atoms with Gasteiger partial charge in [-0.3, -0.25) is 4.68 Å². The van der Waals surface area contributed by atoms with Gasteiger partial charge in [0.1, 0.15) is 0 Å². The Morgan fingerprint density at radius 2 is 2.23 bits per heavy atom. The van der Waals surface area contributed by atoms with Gasteiger partial charge < -0.3 is 5.73 Å². The molecule has 1 aromatic heterocycles. The molecule has 1 atom stereocenters. The standard InChI is InChI=1S/C10H17N3/c1-6(2)13-9-5-4-8(11)10(9)7(3)12-13/h6,8H,4-5,11H2,1-3H3. The molecule has 1 unspecified atom stereocenters. The van der Waals surface area contributed by atoms with Crippen molar-refractivity contribution < 1.29 is 0 Å². The first kappa shape index (κ1) is 8.75. The second-order valence-corrected chi connectivity index (χ2v) is 4.13. The first-order chi connectivity index (χ1) is 6.11. The molecule has 1 aliphatic carbocycles. The molecule has 0 aliphatic heterocycles. The Kier molecular flexibility index (Phi) is 1.91. The SMILES string of the molecule is Cc1nn(C(C)C)c2c1C(N)CC2. The molecule has 1 heterocycles. The average Bonchev–Trinajstić information content (AvgIpc) is 2.55. The van der Waals surface area contributed by atoms with Crippen LogP contribution in [0.15, 0.2) is 0 Å². The number of hydrogen-bond acceptors (Lipinski definition) is 2. The van der Waals surface area contributed by atoms with Gasteiger partial charge in [0.2, 0.25) is 0 Å². The summed E-state index contributed by atoms with van der Waals surface area (Å²) in [4.78, 5) is 0. The van der Waals surface area contributed by atoms with E-state index in [0.717, 1.165) is 18.5 Å². The molecule has 0 radical (unpaired) electrons. The smallest absolute Gasteiger partial charge is 0.0644 e. The van der Waals surface area contributed by atoms with Gasteiger partial charge in [-0.05, 0) is 33.6 Å². The lowest BCUT2D eigenvalue weighted by Gasteiger charge is -2.08. The zero-order valence-corrected chi connectivity index (χ0v) is 8.54. The molecule has 0 saturated heterocycles. The lowest BCUT2D eigenvalue weighted by atomic mass is 10.1. The molecule has 3 heteroatoms. The van der Waals surface area contributed by atoms with Gasteiger partial charge in [0.15, 0.2) is 0 Å². The van der Waals surface area contributed by atoms with E-state index in [4.69, 9.17) is 5.73 Å². The quantitative estimate of drug-likeness (QED) is 0.713. The third-order valence-corrected chi connectivity index (χ3v) is 2.79. The van der Waals surface area contributed by atoms with Crippen LogP contribution in [-0.4, -0.2) is 9.78 Å². The highest BCUT2D eigenvalue weighted by molar-refractivity contribution is 5.33. The van der Waals surface area contributed by atoms with Gasteiger partial charge in [-0.1, -0.05) is 0 Å². The summed E-state index contributed by atoms with van der Waals surface area (Å²) in [5.41, 5.74) is 9.79. The highest BCUT2D eigenvalue weighted by Crippen LogP contribution is 2.32. The maximum Gasteiger partial charge on any atom is 0.0644 e. The minimum atomic E-state index is 0.225. The van der Waals surface area contributed by atoms with Crippen LogP contribution in [0.2, 0.25) is 0 Å². The van der Waals surface area contributed by atoms with Crippen molar-refractivity contribution in [3.05, 3.63) is 17.0 Å². The number of nitrogens with zero attached hydrogens (tertiary/aromatic N) is 2. The van der Waals surface area contributed by atoms with Gasteiger partial charge in [0, 0.05) is 23.3 Å². The van der Waals surface area contributed by atoms with Crippen LogP contribution in [0.3, 0.4) is 0 Å². The Labute approximate surface area is 78.9 Å². The molecule has 72 valence electrons. The molecule has 2 rings (SSSR count). The predicted molar refractivity (Wildman–Crippen MR) is 52.6 cm³/mol. The normalized spacial score (nSPS) is 21.2. The van der Waals surface area contributed by atoms with Crippen molar-refractivity contribution in [2.75, 3.05) is 0 Å². The van der Waals surface area contributed by atoms with Crippen LogP contribution in [-0.2, 0) is 6.42 Å². The van der Waals surface area contributed by atoms with Crippen LogP contribution < -0.4 is 5.73 Å². The lowest BCUT2D eigenvalue weighted by Crippen LogP contribution is -2.07. The zero-order valence-electron chi connectivity index (χ0n) is 8.54. The molecular weight excluding hydrogens is 162 g/mol. The van der Waals surface area contributed by atoms with E-state index in [1.54, 1.807) is 0 Å². The molecule has 0 aromatic carbocycles. The molecule has 13 heavy (non-hydrogen) atoms. The van der Waals surface area contributed by atoms with Crippen molar-refractivity contribution in [2.45, 2.75) is 45.7 Å². The Hall–Kier alpha value is -0.830. The van der Waals surface area contributed by atoms with Gasteiger partial charge in [-0.25, -0.2) is 0 Å². The van der Waals surface area contributed by atoms with Gasteiger partial charge >= 0.3 is 0 Å². The van der Waals surface area contributed by atoms with Crippen LogP contribution in [0.25, 0.3) is 0 Å². The van der Waals surface area contributed by atoms with Crippen molar-refractivity contribution >= 4 is 0 Å². The van der Waals surface area contributed by atoms with Crippen molar-refractivity contribution in [1.29, 1.82) is 0 Å². The van der Waals surface area contributed by atoms with Crippen LogP contribution in [0, 0.1) is 6.92 Å². The maximum atomic E-state index is 6.01. The molecule has 1 aromatic rings. The average molecular weight is 179 g/mol. The monoisotopic (exact) mass is 179 g/mol. The van der Waals surface area contributed by atoms with E-state index in [9.17, 15) is 0 Å². The molecule has 0 saturated carbocycles. The first-order valence-corrected chi connectivity index (χ1v) is 4.94. The number of fused-ring (bicyclic) bond motifs is 1. The molecule has 3 nitrogen and oxygen atoms in total. The Morgan fingerprint density at radius 1 is 1.54 bits per heavy atom. The molecule has 0 amide bonds. The van der Waals surface area contributed by atoms with Crippen molar-refractivity contribution in [1.82, 2.24) is 9.78 Å². The number of rotatable bonds is 1. The minimum absolute atomic E-state index is 0.225. The third-order valence-electron chi connectivity index (χ3n) is 2.79. The van der Waals surface area contributed by atoms with Crippen LogP contribution in [0.5, 0.6) is 0 Å². The largest absolute Gasteiger partial charge is 0.324 e. The molecular formula is C10H17N3. The van der Waals surface area contributed by atoms with Crippen molar-refractivity contribution in [3.63, 3.8) is 0 Å². The van der Waals surface area contributed by atoms with Crippen LogP contribution >= 0.6 is 0 Å². The molecule has 2 N–H and O–H groups in total. The summed E-state index contributed by atoms with van der Waals surface area (Å²) in [7, 11) is 0. The molecule has 0 spiro atoms.